The summed E-state index contributed by atoms with van der Waals surface area (Å²) in [6.45, 7) is 1.50. The molecule has 6 heteroatoms. The number of hydrogen-bond donors (Lipinski definition) is 0. The lowest BCUT2D eigenvalue weighted by molar-refractivity contribution is 0.126. The van der Waals surface area contributed by atoms with Crippen molar-refractivity contribution in [3.05, 3.63) is 23.7 Å². The van der Waals surface area contributed by atoms with Gasteiger partial charge in [0.05, 0.1) is 6.54 Å². The molecule has 0 aliphatic carbocycles. The zero-order chi connectivity index (χ0) is 12.4. The second-order valence-corrected chi connectivity index (χ2v) is 4.20. The molecule has 0 atom stereocenters. The Morgan fingerprint density at radius 1 is 1.47 bits per heavy atom. The van der Waals surface area contributed by atoms with Gasteiger partial charge in [-0.3, -0.25) is 0 Å². The standard InChI is InChI=1S/C11H12ClF2N3/c1-7-4-8-11(15-5-7)17(6-9(13)14)10(16-8)2-3-12/h4-5,9H,2-3,6H2,1H3. The molecule has 0 saturated heterocycles. The van der Waals surface area contributed by atoms with Crippen molar-refractivity contribution >= 4 is 22.8 Å². The number of aryl methyl sites for hydroxylation is 2. The van der Waals surface area contributed by atoms with E-state index in [2.05, 4.69) is 9.97 Å². The first-order valence-corrected chi connectivity index (χ1v) is 5.81. The highest BCUT2D eigenvalue weighted by molar-refractivity contribution is 6.17. The van der Waals surface area contributed by atoms with Crippen molar-refractivity contribution in [2.75, 3.05) is 5.88 Å². The van der Waals surface area contributed by atoms with Crippen LogP contribution in [0.15, 0.2) is 12.3 Å². The van der Waals surface area contributed by atoms with Crippen molar-refractivity contribution in [3.8, 4) is 0 Å². The first kappa shape index (κ1) is 12.2. The molecule has 2 heterocycles. The van der Waals surface area contributed by atoms with E-state index in [9.17, 15) is 8.78 Å². The van der Waals surface area contributed by atoms with Gasteiger partial charge in [0, 0.05) is 18.5 Å². The van der Waals surface area contributed by atoms with Crippen LogP contribution in [0.5, 0.6) is 0 Å². The third kappa shape index (κ3) is 2.54. The Balaban J connectivity index is 2.54. The Labute approximate surface area is 102 Å². The van der Waals surface area contributed by atoms with E-state index >= 15 is 0 Å². The predicted octanol–water partition coefficient (Wildman–Crippen LogP) is 2.79. The molecular weight excluding hydrogens is 248 g/mol. The molecule has 0 bridgehead atoms. The Kier molecular flexibility index (Phi) is 3.57. The van der Waals surface area contributed by atoms with Gasteiger partial charge in [-0.1, -0.05) is 0 Å². The lowest BCUT2D eigenvalue weighted by Crippen LogP contribution is -2.11. The summed E-state index contributed by atoms with van der Waals surface area (Å²) in [5, 5.41) is 0. The minimum absolute atomic E-state index is 0.353. The third-order valence-corrected chi connectivity index (χ3v) is 2.63. The van der Waals surface area contributed by atoms with E-state index in [1.54, 1.807) is 6.20 Å². The monoisotopic (exact) mass is 259 g/mol. The zero-order valence-electron chi connectivity index (χ0n) is 9.33. The van der Waals surface area contributed by atoms with Gasteiger partial charge in [-0.15, -0.1) is 11.6 Å². The van der Waals surface area contributed by atoms with Crippen LogP contribution >= 0.6 is 11.6 Å². The van der Waals surface area contributed by atoms with E-state index in [0.29, 0.717) is 29.3 Å². The molecule has 0 aliphatic heterocycles. The molecule has 2 rings (SSSR count). The molecule has 0 aliphatic rings. The minimum atomic E-state index is -2.43. The molecule has 0 amide bonds. The van der Waals surface area contributed by atoms with Gasteiger partial charge in [0.1, 0.15) is 11.3 Å². The van der Waals surface area contributed by atoms with Crippen LogP contribution in [-0.4, -0.2) is 26.8 Å². The van der Waals surface area contributed by atoms with E-state index in [1.165, 1.54) is 4.57 Å². The topological polar surface area (TPSA) is 30.7 Å². The first-order valence-electron chi connectivity index (χ1n) is 5.27. The number of fused-ring (bicyclic) bond motifs is 1. The van der Waals surface area contributed by atoms with Crippen molar-refractivity contribution in [1.82, 2.24) is 14.5 Å². The Hall–Kier alpha value is -1.23. The van der Waals surface area contributed by atoms with Crippen molar-refractivity contribution in [2.24, 2.45) is 0 Å². The molecule has 0 saturated carbocycles. The van der Waals surface area contributed by atoms with Gasteiger partial charge >= 0.3 is 0 Å². The lowest BCUT2D eigenvalue weighted by Gasteiger charge is -2.06. The smallest absolute Gasteiger partial charge is 0.256 e. The first-order chi connectivity index (χ1) is 8.11. The molecule has 92 valence electrons. The van der Waals surface area contributed by atoms with Crippen LogP contribution < -0.4 is 0 Å². The number of pyridine rings is 1. The Morgan fingerprint density at radius 3 is 2.88 bits per heavy atom. The van der Waals surface area contributed by atoms with Crippen LogP contribution in [0, 0.1) is 6.92 Å². The van der Waals surface area contributed by atoms with Crippen LogP contribution in [0.25, 0.3) is 11.2 Å². The average Bonchev–Trinajstić information content (AvgIpc) is 2.56. The number of hydrogen-bond acceptors (Lipinski definition) is 2. The Bertz CT molecular complexity index is 525. The van der Waals surface area contributed by atoms with Gasteiger partial charge in [-0.2, -0.15) is 0 Å². The molecule has 0 fully saturated rings. The summed E-state index contributed by atoms with van der Waals surface area (Å²) in [6.07, 6.45) is -0.315. The summed E-state index contributed by atoms with van der Waals surface area (Å²) < 4.78 is 26.5. The summed E-state index contributed by atoms with van der Waals surface area (Å²) in [6, 6.07) is 1.84. The molecule has 0 N–H and O–H groups in total. The lowest BCUT2D eigenvalue weighted by atomic mass is 10.3. The molecule has 0 aromatic carbocycles. The number of nitrogens with zero attached hydrogens (tertiary/aromatic N) is 3. The highest BCUT2D eigenvalue weighted by atomic mass is 35.5. The fraction of sp³-hybridized carbons (Fsp3) is 0.455. The molecule has 2 aromatic heterocycles. The van der Waals surface area contributed by atoms with Gasteiger partial charge in [0.15, 0.2) is 5.65 Å². The molecule has 2 aromatic rings. The van der Waals surface area contributed by atoms with Crippen LogP contribution in [0.1, 0.15) is 11.4 Å². The van der Waals surface area contributed by atoms with Gasteiger partial charge in [0.25, 0.3) is 6.43 Å². The highest BCUT2D eigenvalue weighted by Gasteiger charge is 2.15. The molecule has 3 nitrogen and oxygen atoms in total. The second kappa shape index (κ2) is 4.96. The number of halogens is 3. The number of rotatable bonds is 4. The van der Waals surface area contributed by atoms with E-state index in [1.807, 2.05) is 13.0 Å². The van der Waals surface area contributed by atoms with Crippen LogP contribution in [0.2, 0.25) is 0 Å². The second-order valence-electron chi connectivity index (χ2n) is 3.82. The predicted molar refractivity (Wildman–Crippen MR) is 62.7 cm³/mol. The maximum Gasteiger partial charge on any atom is 0.256 e. The van der Waals surface area contributed by atoms with Gasteiger partial charge in [-0.25, -0.2) is 18.7 Å². The van der Waals surface area contributed by atoms with Crippen molar-refractivity contribution in [3.63, 3.8) is 0 Å². The van der Waals surface area contributed by atoms with E-state index in [-0.39, 0.29) is 0 Å². The minimum Gasteiger partial charge on any atom is -0.307 e. The van der Waals surface area contributed by atoms with E-state index in [4.69, 9.17) is 11.6 Å². The van der Waals surface area contributed by atoms with Gasteiger partial charge < -0.3 is 4.57 Å². The van der Waals surface area contributed by atoms with Crippen LogP contribution in [0.3, 0.4) is 0 Å². The summed E-state index contributed by atoms with van der Waals surface area (Å²) in [7, 11) is 0. The highest BCUT2D eigenvalue weighted by Crippen LogP contribution is 2.17. The summed E-state index contributed by atoms with van der Waals surface area (Å²) in [5.41, 5.74) is 2.10. The maximum atomic E-state index is 12.5. The third-order valence-electron chi connectivity index (χ3n) is 2.44. The molecule has 17 heavy (non-hydrogen) atoms. The van der Waals surface area contributed by atoms with Crippen molar-refractivity contribution in [1.29, 1.82) is 0 Å². The number of alkyl halides is 3. The molecular formula is C11H12ClF2N3. The molecule has 0 radical (unpaired) electrons. The molecule has 0 spiro atoms. The zero-order valence-corrected chi connectivity index (χ0v) is 10.1. The quantitative estimate of drug-likeness (QED) is 0.791. The fourth-order valence-electron chi connectivity index (χ4n) is 1.76. The average molecular weight is 260 g/mol. The van der Waals surface area contributed by atoms with E-state index in [0.717, 1.165) is 5.56 Å². The summed E-state index contributed by atoms with van der Waals surface area (Å²) in [5.74, 6) is 0.916. The molecule has 0 unspecified atom stereocenters. The van der Waals surface area contributed by atoms with Crippen LogP contribution in [0.4, 0.5) is 8.78 Å². The van der Waals surface area contributed by atoms with Crippen molar-refractivity contribution < 1.29 is 8.78 Å². The fourth-order valence-corrected chi connectivity index (χ4v) is 1.93. The summed E-state index contributed by atoms with van der Waals surface area (Å²) >= 11 is 5.64. The SMILES string of the molecule is Cc1cnc2c(c1)nc(CCCl)n2CC(F)F. The van der Waals surface area contributed by atoms with Crippen molar-refractivity contribution in [2.45, 2.75) is 26.3 Å². The number of imidazole rings is 1. The largest absolute Gasteiger partial charge is 0.307 e. The van der Waals surface area contributed by atoms with E-state index < -0.39 is 13.0 Å². The normalized spacial score (nSPS) is 11.6. The maximum absolute atomic E-state index is 12.5. The van der Waals surface area contributed by atoms with Gasteiger partial charge in [0.2, 0.25) is 0 Å². The van der Waals surface area contributed by atoms with Gasteiger partial charge in [-0.05, 0) is 18.6 Å². The van der Waals surface area contributed by atoms with Crippen LogP contribution in [-0.2, 0) is 13.0 Å². The number of aromatic nitrogens is 3. The Morgan fingerprint density at radius 2 is 2.24 bits per heavy atom. The summed E-state index contributed by atoms with van der Waals surface area (Å²) in [4.78, 5) is 8.46.